The fraction of sp³-hybridized carbons (Fsp3) is 0. The Hall–Kier alpha value is -0.154. The predicted octanol–water partition coefficient (Wildman–Crippen LogP) is -5.06. The molecule has 0 atom stereocenters. The van der Waals surface area contributed by atoms with Gasteiger partial charge in [-0.25, -0.2) is 0 Å². The van der Waals surface area contributed by atoms with Gasteiger partial charge in [0.15, 0.2) is 0 Å². The first-order valence-corrected chi connectivity index (χ1v) is 3.30. The molecule has 0 saturated carbocycles. The summed E-state index contributed by atoms with van der Waals surface area (Å²) in [7, 11) is -4.61. The van der Waals surface area contributed by atoms with Crippen LogP contribution in [0.5, 0.6) is 0 Å². The van der Waals surface area contributed by atoms with Crippen molar-refractivity contribution in [3.63, 3.8) is 0 Å². The molecule has 0 rings (SSSR count). The average Bonchev–Trinajstić information content (AvgIpc) is 1.19. The molecule has 10 heavy (non-hydrogen) atoms. The molecule has 0 radical (unpaired) electrons. The van der Waals surface area contributed by atoms with Crippen LogP contribution in [0.25, 0.3) is 0 Å². The van der Waals surface area contributed by atoms with Crippen LogP contribution in [-0.4, -0.2) is 34.4 Å². The molecule has 0 aromatic carbocycles. The van der Waals surface area contributed by atoms with Gasteiger partial charge in [0.1, 0.15) is 0 Å². The maximum absolute atomic E-state index is 8.33. The van der Waals surface area contributed by atoms with Gasteiger partial charge in [0.25, 0.3) is 0 Å². The van der Waals surface area contributed by atoms with Crippen LogP contribution in [0.3, 0.4) is 0 Å². The van der Waals surface area contributed by atoms with E-state index in [0.29, 0.717) is 0 Å². The molecule has 0 bridgehead atoms. The quantitative estimate of drug-likeness (QED) is 0.294. The zero-order valence-corrected chi connectivity index (χ0v) is 6.47. The van der Waals surface area contributed by atoms with E-state index in [0.717, 1.165) is 0 Å². The van der Waals surface area contributed by atoms with E-state index in [4.69, 9.17) is 34.2 Å². The molecule has 0 amide bonds. The molecule has 0 aliphatic rings. The Kier molecular flexibility index (Phi) is 11.4. The van der Waals surface area contributed by atoms with Gasteiger partial charge >= 0.3 is 26.1 Å². The van der Waals surface area contributed by atoms with Crippen molar-refractivity contribution in [1.82, 2.24) is 0 Å². The molecular formula is CH4FeO7Si. The third kappa shape index (κ3) is 15600. The van der Waals surface area contributed by atoms with Crippen molar-refractivity contribution in [1.29, 1.82) is 0 Å². The Morgan fingerprint density at radius 1 is 1.10 bits per heavy atom. The van der Waals surface area contributed by atoms with Gasteiger partial charge < -0.3 is 34.2 Å². The minimum Gasteiger partial charge on any atom is -0.652 e. The van der Waals surface area contributed by atoms with E-state index in [-0.39, 0.29) is 17.1 Å². The van der Waals surface area contributed by atoms with Gasteiger partial charge in [-0.15, -0.1) is 0 Å². The summed E-state index contributed by atoms with van der Waals surface area (Å²) in [4.78, 5) is 37.6. The summed E-state index contributed by atoms with van der Waals surface area (Å²) >= 11 is 0. The molecule has 0 aliphatic heterocycles. The molecule has 62 valence electrons. The van der Waals surface area contributed by atoms with Crippen molar-refractivity contribution < 1.29 is 51.3 Å². The summed E-state index contributed by atoms with van der Waals surface area (Å²) in [5, 5.41) is 16.7. The first-order chi connectivity index (χ1) is 3.73. The Balaban J connectivity index is -0.0000000910. The number of carbonyl (C=O) groups excluding carboxylic acids is 1. The van der Waals surface area contributed by atoms with E-state index in [1.165, 1.54) is 0 Å². The monoisotopic (exact) mass is 212 g/mol. The molecule has 0 spiro atoms. The summed E-state index contributed by atoms with van der Waals surface area (Å²) in [5.74, 6) is 0. The van der Waals surface area contributed by atoms with E-state index in [1.807, 2.05) is 0 Å². The Morgan fingerprint density at radius 3 is 1.10 bits per heavy atom. The van der Waals surface area contributed by atoms with E-state index in [2.05, 4.69) is 0 Å². The Morgan fingerprint density at radius 2 is 1.10 bits per heavy atom. The Bertz CT molecular complexity index is 76.1. The van der Waals surface area contributed by atoms with E-state index < -0.39 is 15.2 Å². The summed E-state index contributed by atoms with van der Waals surface area (Å²) in [6.45, 7) is 0. The third-order valence-electron chi connectivity index (χ3n) is 0. The number of carbonyl (C=O) groups is 1. The van der Waals surface area contributed by atoms with E-state index in [1.54, 1.807) is 0 Å². The fourth-order valence-corrected chi connectivity index (χ4v) is 0. The van der Waals surface area contributed by atoms with Gasteiger partial charge in [-0.3, -0.25) is 0 Å². The van der Waals surface area contributed by atoms with Crippen LogP contribution in [0.1, 0.15) is 0 Å². The van der Waals surface area contributed by atoms with E-state index >= 15 is 0 Å². The van der Waals surface area contributed by atoms with E-state index in [9.17, 15) is 0 Å². The minimum absolute atomic E-state index is 0. The molecule has 0 aromatic heterocycles. The van der Waals surface area contributed by atoms with Gasteiger partial charge in [-0.1, -0.05) is 0 Å². The summed E-state index contributed by atoms with van der Waals surface area (Å²) in [6, 6.07) is 0. The molecule has 0 unspecified atom stereocenters. The van der Waals surface area contributed by atoms with Crippen LogP contribution in [0, 0.1) is 0 Å². The molecule has 0 saturated heterocycles. The number of rotatable bonds is 0. The number of hydrogen-bond donors (Lipinski definition) is 4. The molecular weight excluding hydrogens is 208 g/mol. The molecule has 9 heteroatoms. The van der Waals surface area contributed by atoms with Gasteiger partial charge in [0.2, 0.25) is 0 Å². The molecule has 0 aromatic rings. The van der Waals surface area contributed by atoms with Gasteiger partial charge in [-0.05, 0) is 6.16 Å². The van der Waals surface area contributed by atoms with Crippen molar-refractivity contribution in [3.05, 3.63) is 0 Å². The van der Waals surface area contributed by atoms with Crippen molar-refractivity contribution in [3.8, 4) is 0 Å². The second-order valence-electron chi connectivity index (χ2n) is 0.850. The van der Waals surface area contributed by atoms with Gasteiger partial charge in [0, 0.05) is 0 Å². The summed E-state index contributed by atoms with van der Waals surface area (Å²) < 4.78 is 0. The first-order valence-electron chi connectivity index (χ1n) is 1.51. The van der Waals surface area contributed by atoms with Gasteiger partial charge in [-0.2, -0.15) is 0 Å². The van der Waals surface area contributed by atoms with Crippen molar-refractivity contribution >= 4 is 15.2 Å². The molecule has 7 nitrogen and oxygen atoms in total. The molecule has 0 heterocycles. The van der Waals surface area contributed by atoms with Gasteiger partial charge in [0.05, 0.1) is 0 Å². The van der Waals surface area contributed by atoms with Crippen LogP contribution in [0.15, 0.2) is 0 Å². The topological polar surface area (TPSA) is 144 Å². The smallest absolute Gasteiger partial charge is 0.652 e. The van der Waals surface area contributed by atoms with Crippen molar-refractivity contribution in [2.45, 2.75) is 0 Å². The van der Waals surface area contributed by atoms with Crippen LogP contribution in [0.4, 0.5) is 4.79 Å². The zero-order chi connectivity index (χ0) is 8.08. The average molecular weight is 212 g/mol. The maximum Gasteiger partial charge on any atom is 2.00 e. The summed E-state index contributed by atoms with van der Waals surface area (Å²) in [6.07, 6.45) is -2.33. The zero-order valence-electron chi connectivity index (χ0n) is 4.37. The summed E-state index contributed by atoms with van der Waals surface area (Å²) in [5.41, 5.74) is 0. The van der Waals surface area contributed by atoms with Crippen LogP contribution < -0.4 is 10.2 Å². The van der Waals surface area contributed by atoms with Crippen LogP contribution in [-0.2, 0) is 17.1 Å². The SMILES string of the molecule is O=C([O-])[O-].O[Si](O)(O)O.[Fe+2]. The van der Waals surface area contributed by atoms with Crippen LogP contribution >= 0.6 is 0 Å². The minimum atomic E-state index is -4.61. The predicted molar refractivity (Wildman–Crippen MR) is 20.0 cm³/mol. The third-order valence-corrected chi connectivity index (χ3v) is 0. The number of carboxylic acid groups (broad SMARTS) is 2. The molecule has 0 fully saturated rings. The maximum atomic E-state index is 8.33. The van der Waals surface area contributed by atoms with Crippen molar-refractivity contribution in [2.75, 3.05) is 0 Å². The molecule has 0 aliphatic carbocycles. The fourth-order valence-electron chi connectivity index (χ4n) is 0. The number of hydrogen-bond acceptors (Lipinski definition) is 7. The second kappa shape index (κ2) is 6.96. The Labute approximate surface area is 67.1 Å². The largest absolute Gasteiger partial charge is 2.00 e. The second-order valence-corrected chi connectivity index (χ2v) is 2.05. The van der Waals surface area contributed by atoms with Crippen LogP contribution in [0.2, 0.25) is 0 Å². The molecule has 4 N–H and O–H groups in total. The van der Waals surface area contributed by atoms with Crippen molar-refractivity contribution in [2.24, 2.45) is 0 Å². The standard InChI is InChI=1S/CH2O3.Fe.H4O4Si/c2-1(3)4;;1-5(2,3)4/h(H2,2,3,4);;1-4H/q;+2;/p-2. The first kappa shape index (κ1) is 16.4. The normalized spacial score (nSPS) is 8.40.